The van der Waals surface area contributed by atoms with E-state index in [-0.39, 0.29) is 23.7 Å². The van der Waals surface area contributed by atoms with Gasteiger partial charge in [0.2, 0.25) is 0 Å². The lowest BCUT2D eigenvalue weighted by Crippen LogP contribution is -2.42. The molecular weight excluding hydrogens is 410 g/mol. The third-order valence-corrected chi connectivity index (χ3v) is 5.80. The molecule has 0 saturated heterocycles. The Hall–Kier alpha value is -2.47. The zero-order valence-corrected chi connectivity index (χ0v) is 18.5. The Morgan fingerprint density at radius 3 is 2.70 bits per heavy atom. The van der Waals surface area contributed by atoms with E-state index in [4.69, 9.17) is 5.11 Å². The van der Waals surface area contributed by atoms with Crippen LogP contribution in [-0.2, 0) is 11.8 Å². The van der Waals surface area contributed by atoms with Crippen molar-refractivity contribution in [2.75, 3.05) is 45.2 Å². The zero-order valence-electron chi connectivity index (χ0n) is 17.7. The van der Waals surface area contributed by atoms with Crippen LogP contribution in [0.5, 0.6) is 0 Å². The molecule has 0 atom stereocenters. The van der Waals surface area contributed by atoms with Gasteiger partial charge in [0, 0.05) is 19.3 Å². The summed E-state index contributed by atoms with van der Waals surface area (Å²) in [4.78, 5) is 38.8. The number of hydrogen-bond acceptors (Lipinski definition) is 7. The number of aliphatic carboxylic acids is 1. The SMILES string of the molecule is Cn1nnc2c(C(=O)NCCSCCCCC[N+](C)(C)CCC(=O)O)ncn2c1=O. The highest BCUT2D eigenvalue weighted by atomic mass is 32.2. The normalized spacial score (nSPS) is 11.7. The molecule has 2 rings (SSSR count). The second-order valence-corrected chi connectivity index (χ2v) is 8.96. The molecule has 11 nitrogen and oxygen atoms in total. The van der Waals surface area contributed by atoms with Crippen LogP contribution < -0.4 is 11.0 Å². The van der Waals surface area contributed by atoms with Gasteiger partial charge in [0.1, 0.15) is 6.33 Å². The minimum Gasteiger partial charge on any atom is -0.481 e. The summed E-state index contributed by atoms with van der Waals surface area (Å²) in [6.45, 7) is 2.12. The first-order chi connectivity index (χ1) is 14.2. The molecule has 0 spiro atoms. The van der Waals surface area contributed by atoms with Crippen molar-refractivity contribution in [3.05, 3.63) is 22.5 Å². The molecule has 0 bridgehead atoms. The number of fused-ring (bicyclic) bond motifs is 1. The molecular formula is C18H30N7O4S+. The molecule has 2 aromatic rings. The van der Waals surface area contributed by atoms with Crippen molar-refractivity contribution in [3.8, 4) is 0 Å². The van der Waals surface area contributed by atoms with Gasteiger partial charge in [-0.3, -0.25) is 9.59 Å². The van der Waals surface area contributed by atoms with E-state index < -0.39 is 11.7 Å². The van der Waals surface area contributed by atoms with Gasteiger partial charge in [-0.05, 0) is 25.0 Å². The van der Waals surface area contributed by atoms with Crippen LogP contribution in [0.15, 0.2) is 11.1 Å². The highest BCUT2D eigenvalue weighted by Gasteiger charge is 2.17. The predicted molar refractivity (Wildman–Crippen MR) is 114 cm³/mol. The van der Waals surface area contributed by atoms with Gasteiger partial charge in [0.25, 0.3) is 5.91 Å². The summed E-state index contributed by atoms with van der Waals surface area (Å²) in [6.07, 6.45) is 4.73. The second-order valence-electron chi connectivity index (χ2n) is 7.74. The number of unbranched alkanes of at least 4 members (excludes halogenated alkanes) is 2. The quantitative estimate of drug-likeness (QED) is 0.329. The summed E-state index contributed by atoms with van der Waals surface area (Å²) in [7, 11) is 5.60. The Morgan fingerprint density at radius 2 is 1.97 bits per heavy atom. The molecule has 2 heterocycles. The Labute approximate surface area is 179 Å². The number of carboxylic acid groups (broad SMARTS) is 1. The summed E-state index contributed by atoms with van der Waals surface area (Å²) >= 11 is 1.77. The number of nitrogens with one attached hydrogen (secondary N) is 1. The number of carbonyl (C=O) groups is 2. The average Bonchev–Trinajstić information content (AvgIpc) is 3.13. The van der Waals surface area contributed by atoms with E-state index in [1.165, 1.54) is 17.8 Å². The molecule has 12 heteroatoms. The number of nitrogens with zero attached hydrogens (tertiary/aromatic N) is 6. The molecule has 0 aliphatic carbocycles. The van der Waals surface area contributed by atoms with Crippen LogP contribution >= 0.6 is 11.8 Å². The Balaban J connectivity index is 1.59. The Bertz CT molecular complexity index is 925. The van der Waals surface area contributed by atoms with E-state index in [2.05, 4.69) is 34.7 Å². The fourth-order valence-electron chi connectivity index (χ4n) is 2.89. The minimum absolute atomic E-state index is 0.0915. The highest BCUT2D eigenvalue weighted by Crippen LogP contribution is 2.09. The fraction of sp³-hybridized carbons (Fsp3) is 0.667. The third-order valence-electron chi connectivity index (χ3n) is 4.73. The molecule has 1 amide bonds. The molecule has 30 heavy (non-hydrogen) atoms. The molecule has 0 fully saturated rings. The van der Waals surface area contributed by atoms with E-state index in [0.717, 1.165) is 46.5 Å². The van der Waals surface area contributed by atoms with E-state index in [9.17, 15) is 14.4 Å². The Morgan fingerprint density at radius 1 is 1.20 bits per heavy atom. The van der Waals surface area contributed by atoms with Gasteiger partial charge in [-0.25, -0.2) is 14.2 Å². The van der Waals surface area contributed by atoms with E-state index in [0.29, 0.717) is 13.1 Å². The van der Waals surface area contributed by atoms with Crippen molar-refractivity contribution >= 4 is 29.3 Å². The standard InChI is InChI=1S/C18H29N7O4S/c1-23-18(29)24-13-20-15(16(24)21-22-23)17(28)19-8-12-30-11-6-4-5-9-25(2,3)10-7-14(26)27/h13H,4-12H2,1-3H3,(H-,19,26,27,28)/p+1. The van der Waals surface area contributed by atoms with Crippen LogP contribution in [0, 0.1) is 0 Å². The van der Waals surface area contributed by atoms with Crippen LogP contribution in [0.2, 0.25) is 0 Å². The lowest BCUT2D eigenvalue weighted by atomic mass is 10.2. The molecule has 166 valence electrons. The van der Waals surface area contributed by atoms with Gasteiger partial charge < -0.3 is 14.9 Å². The third kappa shape index (κ3) is 7.10. The van der Waals surface area contributed by atoms with Gasteiger partial charge in [0.05, 0.1) is 33.6 Å². The van der Waals surface area contributed by atoms with Gasteiger partial charge in [-0.2, -0.15) is 16.4 Å². The average molecular weight is 441 g/mol. The number of rotatable bonds is 13. The van der Waals surface area contributed by atoms with Crippen LogP contribution in [0.3, 0.4) is 0 Å². The van der Waals surface area contributed by atoms with Crippen molar-refractivity contribution in [2.24, 2.45) is 7.05 Å². The van der Waals surface area contributed by atoms with Gasteiger partial charge in [-0.15, -0.1) is 5.10 Å². The lowest BCUT2D eigenvalue weighted by molar-refractivity contribution is -0.890. The number of aryl methyl sites for hydroxylation is 1. The van der Waals surface area contributed by atoms with Crippen LogP contribution in [0.25, 0.3) is 5.65 Å². The van der Waals surface area contributed by atoms with Crippen molar-refractivity contribution in [1.82, 2.24) is 29.7 Å². The van der Waals surface area contributed by atoms with Crippen molar-refractivity contribution in [1.29, 1.82) is 0 Å². The number of amides is 1. The first-order valence-electron chi connectivity index (χ1n) is 9.88. The summed E-state index contributed by atoms with van der Waals surface area (Å²) in [6, 6.07) is 0. The number of carboxylic acids is 1. The van der Waals surface area contributed by atoms with Crippen LogP contribution in [-0.4, -0.2) is 91.1 Å². The van der Waals surface area contributed by atoms with Crippen LogP contribution in [0.4, 0.5) is 0 Å². The van der Waals surface area contributed by atoms with E-state index in [1.54, 1.807) is 11.8 Å². The molecule has 0 aliphatic rings. The van der Waals surface area contributed by atoms with Gasteiger partial charge in [0.15, 0.2) is 11.3 Å². The number of imidazole rings is 1. The summed E-state index contributed by atoms with van der Waals surface area (Å²) < 4.78 is 2.99. The molecule has 0 unspecified atom stereocenters. The fourth-order valence-corrected chi connectivity index (χ4v) is 3.75. The van der Waals surface area contributed by atoms with Crippen molar-refractivity contribution in [3.63, 3.8) is 0 Å². The maximum absolute atomic E-state index is 12.3. The zero-order chi connectivity index (χ0) is 22.1. The van der Waals surface area contributed by atoms with E-state index in [1.807, 2.05) is 0 Å². The first kappa shape index (κ1) is 23.8. The summed E-state index contributed by atoms with van der Waals surface area (Å²) in [5.41, 5.74) is -0.173. The number of aromatic nitrogens is 5. The maximum atomic E-state index is 12.3. The molecule has 0 aliphatic heterocycles. The molecule has 0 saturated carbocycles. The second kappa shape index (κ2) is 11.1. The number of thioether (sulfide) groups is 1. The number of quaternary nitrogens is 1. The highest BCUT2D eigenvalue weighted by molar-refractivity contribution is 7.99. The smallest absolute Gasteiger partial charge is 0.352 e. The van der Waals surface area contributed by atoms with Crippen LogP contribution in [0.1, 0.15) is 36.2 Å². The largest absolute Gasteiger partial charge is 0.481 e. The molecule has 2 N–H and O–H groups in total. The Kier molecular flexibility index (Phi) is 8.78. The maximum Gasteiger partial charge on any atom is 0.352 e. The predicted octanol–water partition coefficient (Wildman–Crippen LogP) is 0.00740. The number of hydrogen-bond donors (Lipinski definition) is 2. The summed E-state index contributed by atoms with van der Waals surface area (Å²) in [5, 5.41) is 19.1. The number of carbonyl (C=O) groups excluding carboxylic acids is 1. The monoisotopic (exact) mass is 440 g/mol. The molecule has 0 radical (unpaired) electrons. The van der Waals surface area contributed by atoms with Gasteiger partial charge in [-0.1, -0.05) is 5.21 Å². The topological polar surface area (TPSA) is 131 Å². The first-order valence-corrected chi connectivity index (χ1v) is 11.0. The molecule has 2 aromatic heterocycles. The van der Waals surface area contributed by atoms with Crippen molar-refractivity contribution < 1.29 is 19.2 Å². The van der Waals surface area contributed by atoms with Gasteiger partial charge >= 0.3 is 11.7 Å². The lowest BCUT2D eigenvalue weighted by Gasteiger charge is -2.29. The molecule has 0 aromatic carbocycles. The minimum atomic E-state index is -0.747. The van der Waals surface area contributed by atoms with E-state index >= 15 is 0 Å². The van der Waals surface area contributed by atoms with Crippen molar-refractivity contribution in [2.45, 2.75) is 25.7 Å². The summed E-state index contributed by atoms with van der Waals surface area (Å²) in [5.74, 6) is 0.670.